The SMILES string of the molecule is CNCc1ccc(OCC(=O)O)c(-c2cc(F)cc(C#N)c2)c1. The highest BCUT2D eigenvalue weighted by Gasteiger charge is 2.12. The van der Waals surface area contributed by atoms with Gasteiger partial charge in [-0.15, -0.1) is 0 Å². The van der Waals surface area contributed by atoms with E-state index in [0.717, 1.165) is 11.6 Å². The Morgan fingerprint density at radius 1 is 1.35 bits per heavy atom. The molecule has 0 radical (unpaired) electrons. The standard InChI is InChI=1S/C17H15FN2O3/c1-20-9-11-2-3-16(23-10-17(21)22)15(6-11)13-4-12(8-19)5-14(18)7-13/h2-7,20H,9-10H2,1H3,(H,21,22). The lowest BCUT2D eigenvalue weighted by Gasteiger charge is -2.13. The van der Waals surface area contributed by atoms with Crippen molar-refractivity contribution in [2.24, 2.45) is 0 Å². The molecule has 0 aliphatic rings. The number of carbonyl (C=O) groups is 1. The lowest BCUT2D eigenvalue weighted by Crippen LogP contribution is -2.10. The molecule has 0 aliphatic heterocycles. The topological polar surface area (TPSA) is 82.3 Å². The van der Waals surface area contributed by atoms with Crippen LogP contribution >= 0.6 is 0 Å². The highest BCUT2D eigenvalue weighted by molar-refractivity contribution is 5.74. The van der Waals surface area contributed by atoms with Crippen molar-refractivity contribution in [1.29, 1.82) is 5.26 Å². The Kier molecular flexibility index (Phi) is 5.28. The van der Waals surface area contributed by atoms with Crippen LogP contribution in [0.2, 0.25) is 0 Å². The quantitative estimate of drug-likeness (QED) is 0.856. The highest BCUT2D eigenvalue weighted by atomic mass is 19.1. The number of hydrogen-bond acceptors (Lipinski definition) is 4. The van der Waals surface area contributed by atoms with E-state index in [1.54, 1.807) is 25.2 Å². The Balaban J connectivity index is 2.52. The number of aliphatic carboxylic acids is 1. The molecule has 0 atom stereocenters. The van der Waals surface area contributed by atoms with E-state index in [1.165, 1.54) is 12.1 Å². The van der Waals surface area contributed by atoms with Gasteiger partial charge in [0.2, 0.25) is 0 Å². The van der Waals surface area contributed by atoms with Crippen LogP contribution in [0.1, 0.15) is 11.1 Å². The van der Waals surface area contributed by atoms with Gasteiger partial charge in [-0.05, 0) is 48.5 Å². The summed E-state index contributed by atoms with van der Waals surface area (Å²) in [4.78, 5) is 10.7. The average Bonchev–Trinajstić information content (AvgIpc) is 2.53. The maximum absolute atomic E-state index is 13.7. The van der Waals surface area contributed by atoms with Crippen molar-refractivity contribution in [1.82, 2.24) is 5.32 Å². The molecule has 0 aliphatic carbocycles. The molecule has 118 valence electrons. The number of nitrogens with one attached hydrogen (secondary N) is 1. The third-order valence-electron chi connectivity index (χ3n) is 3.11. The fraction of sp³-hybridized carbons (Fsp3) is 0.176. The van der Waals surface area contributed by atoms with E-state index in [2.05, 4.69) is 5.32 Å². The van der Waals surface area contributed by atoms with Crippen LogP contribution in [0.3, 0.4) is 0 Å². The fourth-order valence-electron chi connectivity index (χ4n) is 2.19. The molecule has 0 aromatic heterocycles. The molecule has 0 fully saturated rings. The molecule has 0 saturated carbocycles. The second-order valence-corrected chi connectivity index (χ2v) is 4.88. The van der Waals surface area contributed by atoms with E-state index in [1.807, 2.05) is 6.07 Å². The zero-order chi connectivity index (χ0) is 16.8. The van der Waals surface area contributed by atoms with Gasteiger partial charge in [0, 0.05) is 12.1 Å². The second-order valence-electron chi connectivity index (χ2n) is 4.88. The number of rotatable bonds is 6. The number of carboxylic acid groups (broad SMARTS) is 1. The molecule has 5 nitrogen and oxygen atoms in total. The van der Waals surface area contributed by atoms with Crippen molar-refractivity contribution in [3.05, 3.63) is 53.3 Å². The molecule has 2 aromatic carbocycles. The number of carboxylic acids is 1. The van der Waals surface area contributed by atoms with Gasteiger partial charge in [-0.1, -0.05) is 6.07 Å². The van der Waals surface area contributed by atoms with Gasteiger partial charge in [-0.3, -0.25) is 0 Å². The summed E-state index contributed by atoms with van der Waals surface area (Å²) in [6.07, 6.45) is 0. The summed E-state index contributed by atoms with van der Waals surface area (Å²) in [6.45, 7) is 0.0887. The second kappa shape index (κ2) is 7.38. The Labute approximate surface area is 132 Å². The normalized spacial score (nSPS) is 10.1. The van der Waals surface area contributed by atoms with E-state index in [-0.39, 0.29) is 5.56 Å². The highest BCUT2D eigenvalue weighted by Crippen LogP contribution is 2.32. The van der Waals surface area contributed by atoms with Crippen LogP contribution in [0.5, 0.6) is 5.75 Å². The van der Waals surface area contributed by atoms with E-state index in [9.17, 15) is 9.18 Å². The largest absolute Gasteiger partial charge is 0.481 e. The van der Waals surface area contributed by atoms with Crippen LogP contribution in [0.15, 0.2) is 36.4 Å². The molecule has 0 unspecified atom stereocenters. The van der Waals surface area contributed by atoms with Gasteiger partial charge >= 0.3 is 5.97 Å². The van der Waals surface area contributed by atoms with Gasteiger partial charge in [0.1, 0.15) is 11.6 Å². The number of halogens is 1. The number of nitriles is 1. The van der Waals surface area contributed by atoms with Gasteiger partial charge in [0.05, 0.1) is 11.6 Å². The maximum Gasteiger partial charge on any atom is 0.341 e. The van der Waals surface area contributed by atoms with Gasteiger partial charge in [-0.25, -0.2) is 9.18 Å². The molecular weight excluding hydrogens is 299 g/mol. The minimum absolute atomic E-state index is 0.184. The van der Waals surface area contributed by atoms with Crippen LogP contribution in [0.25, 0.3) is 11.1 Å². The van der Waals surface area contributed by atoms with Gasteiger partial charge in [-0.2, -0.15) is 5.26 Å². The first-order valence-corrected chi connectivity index (χ1v) is 6.86. The third-order valence-corrected chi connectivity index (χ3v) is 3.11. The van der Waals surface area contributed by atoms with Crippen molar-refractivity contribution in [2.75, 3.05) is 13.7 Å². The Morgan fingerprint density at radius 2 is 2.13 bits per heavy atom. The molecule has 6 heteroatoms. The molecule has 0 spiro atoms. The summed E-state index contributed by atoms with van der Waals surface area (Å²) in [7, 11) is 1.80. The van der Waals surface area contributed by atoms with E-state index < -0.39 is 18.4 Å². The van der Waals surface area contributed by atoms with Crippen molar-refractivity contribution in [2.45, 2.75) is 6.54 Å². The van der Waals surface area contributed by atoms with Gasteiger partial charge < -0.3 is 15.2 Å². The van der Waals surface area contributed by atoms with Gasteiger partial charge in [0.15, 0.2) is 6.61 Å². The average molecular weight is 314 g/mol. The van der Waals surface area contributed by atoms with Crippen molar-refractivity contribution < 1.29 is 19.0 Å². The van der Waals surface area contributed by atoms with E-state index >= 15 is 0 Å². The summed E-state index contributed by atoms with van der Waals surface area (Å²) in [5, 5.41) is 20.8. The zero-order valence-corrected chi connectivity index (χ0v) is 12.5. The number of hydrogen-bond donors (Lipinski definition) is 2. The number of ether oxygens (including phenoxy) is 1. The minimum atomic E-state index is -1.10. The van der Waals surface area contributed by atoms with Crippen LogP contribution in [-0.2, 0) is 11.3 Å². The summed E-state index contributed by atoms with van der Waals surface area (Å²) in [6, 6.07) is 11.1. The van der Waals surface area contributed by atoms with Gasteiger partial charge in [0.25, 0.3) is 0 Å². The van der Waals surface area contributed by atoms with Crippen LogP contribution in [0.4, 0.5) is 4.39 Å². The van der Waals surface area contributed by atoms with Crippen LogP contribution in [0, 0.1) is 17.1 Å². The third kappa shape index (κ3) is 4.28. The Hall–Kier alpha value is -2.91. The molecule has 2 N–H and O–H groups in total. The van der Waals surface area contributed by atoms with E-state index in [0.29, 0.717) is 23.4 Å². The molecule has 2 rings (SSSR count). The fourth-order valence-corrected chi connectivity index (χ4v) is 2.19. The lowest BCUT2D eigenvalue weighted by molar-refractivity contribution is -0.139. The molecule has 0 saturated heterocycles. The Morgan fingerprint density at radius 3 is 2.78 bits per heavy atom. The first-order valence-electron chi connectivity index (χ1n) is 6.86. The summed E-state index contributed by atoms with van der Waals surface area (Å²) < 4.78 is 19.0. The molecular formula is C17H15FN2O3. The predicted octanol–water partition coefficient (Wildman–Crippen LogP) is 2.55. The maximum atomic E-state index is 13.7. The first kappa shape index (κ1) is 16.5. The Bertz CT molecular complexity index is 769. The first-order chi connectivity index (χ1) is 11.0. The van der Waals surface area contributed by atoms with E-state index in [4.69, 9.17) is 15.1 Å². The lowest BCUT2D eigenvalue weighted by atomic mass is 10.00. The monoisotopic (exact) mass is 314 g/mol. The molecule has 0 amide bonds. The number of benzene rings is 2. The molecule has 23 heavy (non-hydrogen) atoms. The van der Waals surface area contributed by atoms with Crippen molar-refractivity contribution in [3.63, 3.8) is 0 Å². The smallest absolute Gasteiger partial charge is 0.341 e. The summed E-state index contributed by atoms with van der Waals surface area (Å²) >= 11 is 0. The van der Waals surface area contributed by atoms with Crippen LogP contribution in [-0.4, -0.2) is 24.7 Å². The van der Waals surface area contributed by atoms with Crippen LogP contribution < -0.4 is 10.1 Å². The molecule has 0 heterocycles. The van der Waals surface area contributed by atoms with Crippen molar-refractivity contribution in [3.8, 4) is 22.9 Å². The summed E-state index contributed by atoms with van der Waals surface area (Å²) in [5.41, 5.74) is 2.10. The summed E-state index contributed by atoms with van der Waals surface area (Å²) in [5.74, 6) is -1.32. The number of nitrogens with zero attached hydrogens (tertiary/aromatic N) is 1. The molecule has 2 aromatic rings. The molecule has 0 bridgehead atoms. The minimum Gasteiger partial charge on any atom is -0.481 e. The van der Waals surface area contributed by atoms with Crippen molar-refractivity contribution >= 4 is 5.97 Å². The zero-order valence-electron chi connectivity index (χ0n) is 12.5. The predicted molar refractivity (Wildman–Crippen MR) is 82.4 cm³/mol.